The Kier molecular flexibility index (Phi) is 3.85. The van der Waals surface area contributed by atoms with Gasteiger partial charge < -0.3 is 16.0 Å². The van der Waals surface area contributed by atoms with Crippen LogP contribution >= 0.6 is 0 Å². The molecule has 5 nitrogen and oxygen atoms in total. The van der Waals surface area contributed by atoms with Crippen molar-refractivity contribution in [3.05, 3.63) is 64.6 Å². The number of aromatic nitrogens is 1. The monoisotopic (exact) mass is 307 g/mol. The molecule has 0 aliphatic heterocycles. The summed E-state index contributed by atoms with van der Waals surface area (Å²) in [5.41, 5.74) is 8.83. The number of pyridine rings is 1. The predicted molar refractivity (Wildman–Crippen MR) is 92.4 cm³/mol. The first kappa shape index (κ1) is 14.8. The number of aryl methyl sites for hydroxylation is 1. The molecule has 1 amide bonds. The first-order valence-electron chi connectivity index (χ1n) is 7.30. The van der Waals surface area contributed by atoms with E-state index in [2.05, 4.69) is 10.3 Å². The van der Waals surface area contributed by atoms with Gasteiger partial charge in [-0.15, -0.1) is 0 Å². The van der Waals surface area contributed by atoms with Crippen LogP contribution in [0.4, 0.5) is 5.69 Å². The van der Waals surface area contributed by atoms with E-state index >= 15 is 0 Å². The van der Waals surface area contributed by atoms with Crippen LogP contribution in [0.15, 0.2) is 53.5 Å². The zero-order chi connectivity index (χ0) is 16.4. The van der Waals surface area contributed by atoms with Crippen LogP contribution in [0, 0.1) is 6.92 Å². The molecule has 0 bridgehead atoms. The second-order valence-electron chi connectivity index (χ2n) is 5.43. The molecule has 0 saturated carbocycles. The predicted octanol–water partition coefficient (Wildman–Crippen LogP) is 2.40. The first-order chi connectivity index (χ1) is 11.1. The summed E-state index contributed by atoms with van der Waals surface area (Å²) in [6.07, 6.45) is 1.74. The normalized spacial score (nSPS) is 10.7. The van der Waals surface area contributed by atoms with E-state index in [0.29, 0.717) is 11.1 Å². The lowest BCUT2D eigenvalue weighted by atomic mass is 9.97. The van der Waals surface area contributed by atoms with Crippen LogP contribution < -0.4 is 16.6 Å². The van der Waals surface area contributed by atoms with Gasteiger partial charge in [0, 0.05) is 22.8 Å². The Labute approximate surface area is 133 Å². The topological polar surface area (TPSA) is 88.0 Å². The number of amides is 1. The molecule has 23 heavy (non-hydrogen) atoms. The van der Waals surface area contributed by atoms with Crippen LogP contribution in [-0.4, -0.2) is 17.4 Å². The van der Waals surface area contributed by atoms with Crippen LogP contribution in [0.1, 0.15) is 5.56 Å². The maximum atomic E-state index is 12.2. The summed E-state index contributed by atoms with van der Waals surface area (Å²) >= 11 is 0. The lowest BCUT2D eigenvalue weighted by Crippen LogP contribution is -2.21. The third-order valence-electron chi connectivity index (χ3n) is 3.80. The highest BCUT2D eigenvalue weighted by Crippen LogP contribution is 2.29. The van der Waals surface area contributed by atoms with Crippen LogP contribution in [0.5, 0.6) is 0 Å². The third-order valence-corrected chi connectivity index (χ3v) is 3.80. The Hall–Kier alpha value is -3.08. The molecule has 4 N–H and O–H groups in total. The highest BCUT2D eigenvalue weighted by Gasteiger charge is 2.09. The summed E-state index contributed by atoms with van der Waals surface area (Å²) in [5, 5.41) is 4.34. The van der Waals surface area contributed by atoms with E-state index < -0.39 is 5.91 Å². The number of carbonyl (C=O) groups is 1. The van der Waals surface area contributed by atoms with Gasteiger partial charge in [-0.3, -0.25) is 9.59 Å². The fourth-order valence-electron chi connectivity index (χ4n) is 2.66. The van der Waals surface area contributed by atoms with Crippen molar-refractivity contribution in [1.82, 2.24) is 4.98 Å². The van der Waals surface area contributed by atoms with Crippen molar-refractivity contribution in [3.63, 3.8) is 0 Å². The number of hydrogen-bond donors (Lipinski definition) is 3. The molecule has 0 fully saturated rings. The number of fused-ring (bicyclic) bond motifs is 1. The highest BCUT2D eigenvalue weighted by molar-refractivity contribution is 5.98. The number of H-pyrrole nitrogens is 1. The van der Waals surface area contributed by atoms with E-state index in [0.717, 1.165) is 22.1 Å². The molecule has 0 unspecified atom stereocenters. The minimum Gasteiger partial charge on any atom is -0.376 e. The Balaban J connectivity index is 2.15. The minimum absolute atomic E-state index is 0.0287. The maximum Gasteiger partial charge on any atom is 0.255 e. The fourth-order valence-corrected chi connectivity index (χ4v) is 2.66. The first-order valence-corrected chi connectivity index (χ1v) is 7.30. The summed E-state index contributed by atoms with van der Waals surface area (Å²) in [7, 11) is 0. The quantitative estimate of drug-likeness (QED) is 0.691. The Morgan fingerprint density at radius 3 is 2.65 bits per heavy atom. The molecule has 3 aromatic rings. The van der Waals surface area contributed by atoms with Gasteiger partial charge in [0.15, 0.2) is 0 Å². The molecule has 0 saturated heterocycles. The van der Waals surface area contributed by atoms with E-state index in [4.69, 9.17) is 5.73 Å². The lowest BCUT2D eigenvalue weighted by Gasteiger charge is -2.11. The van der Waals surface area contributed by atoms with E-state index in [1.54, 1.807) is 12.3 Å². The Morgan fingerprint density at radius 1 is 1.13 bits per heavy atom. The molecule has 0 atom stereocenters. The number of anilines is 1. The molecule has 1 heterocycles. The number of aromatic amines is 1. The highest BCUT2D eigenvalue weighted by atomic mass is 16.1. The van der Waals surface area contributed by atoms with Gasteiger partial charge in [0.1, 0.15) is 0 Å². The summed E-state index contributed by atoms with van der Waals surface area (Å²) in [4.78, 5) is 25.8. The fraction of sp³-hybridized carbons (Fsp3) is 0.111. The molecule has 0 radical (unpaired) electrons. The summed E-state index contributed by atoms with van der Waals surface area (Å²) in [6, 6.07) is 13.5. The van der Waals surface area contributed by atoms with Gasteiger partial charge in [-0.1, -0.05) is 30.3 Å². The van der Waals surface area contributed by atoms with Gasteiger partial charge in [-0.25, -0.2) is 0 Å². The molecule has 0 aliphatic rings. The van der Waals surface area contributed by atoms with Crippen molar-refractivity contribution in [2.24, 2.45) is 5.73 Å². The molecule has 2 aromatic carbocycles. The van der Waals surface area contributed by atoms with Gasteiger partial charge in [0.05, 0.1) is 6.54 Å². The number of hydrogen-bond acceptors (Lipinski definition) is 3. The van der Waals surface area contributed by atoms with Crippen LogP contribution in [0.25, 0.3) is 21.9 Å². The zero-order valence-electron chi connectivity index (χ0n) is 12.7. The number of benzene rings is 2. The average Bonchev–Trinajstić information content (AvgIpc) is 2.54. The van der Waals surface area contributed by atoms with Crippen molar-refractivity contribution in [2.75, 3.05) is 11.9 Å². The van der Waals surface area contributed by atoms with Gasteiger partial charge in [-0.2, -0.15) is 0 Å². The lowest BCUT2D eigenvalue weighted by molar-refractivity contribution is -0.116. The third kappa shape index (κ3) is 2.94. The van der Waals surface area contributed by atoms with Crippen LogP contribution in [-0.2, 0) is 4.79 Å². The molecule has 0 spiro atoms. The van der Waals surface area contributed by atoms with E-state index in [-0.39, 0.29) is 12.1 Å². The number of nitrogens with one attached hydrogen (secondary N) is 2. The van der Waals surface area contributed by atoms with Gasteiger partial charge >= 0.3 is 0 Å². The summed E-state index contributed by atoms with van der Waals surface area (Å²) in [5.74, 6) is -0.451. The van der Waals surface area contributed by atoms with E-state index in [9.17, 15) is 9.59 Å². The molecule has 116 valence electrons. The molecule has 5 heteroatoms. The van der Waals surface area contributed by atoms with Gasteiger partial charge in [-0.05, 0) is 35.6 Å². The number of nitrogens with two attached hydrogens (primary N) is 1. The molecule has 0 aliphatic carbocycles. The van der Waals surface area contributed by atoms with Crippen molar-refractivity contribution >= 4 is 22.4 Å². The summed E-state index contributed by atoms with van der Waals surface area (Å²) in [6.45, 7) is 2.07. The number of rotatable bonds is 4. The minimum atomic E-state index is -0.451. The largest absolute Gasteiger partial charge is 0.376 e. The Bertz CT molecular complexity index is 944. The van der Waals surface area contributed by atoms with Gasteiger partial charge in [0.2, 0.25) is 5.91 Å². The van der Waals surface area contributed by atoms with E-state index in [1.165, 1.54) is 0 Å². The summed E-state index contributed by atoms with van der Waals surface area (Å²) < 4.78 is 0. The Morgan fingerprint density at radius 2 is 1.91 bits per heavy atom. The molecular formula is C18H17N3O2. The number of carbonyl (C=O) groups excluding carboxylic acids is 1. The zero-order valence-corrected chi connectivity index (χ0v) is 12.7. The second kappa shape index (κ2) is 5.96. The average molecular weight is 307 g/mol. The smallest absolute Gasteiger partial charge is 0.255 e. The SMILES string of the molecule is Cc1ccccc1-c1c[nH]c(=O)c2cc(NCC(N)=O)ccc12. The maximum absolute atomic E-state index is 12.2. The number of primary amides is 1. The molecular weight excluding hydrogens is 290 g/mol. The second-order valence-corrected chi connectivity index (χ2v) is 5.43. The van der Waals surface area contributed by atoms with Crippen LogP contribution in [0.3, 0.4) is 0 Å². The standard InChI is InChI=1S/C18H17N3O2/c1-11-4-2-3-5-13(11)16-9-21-18(23)15-8-12(6-7-14(15)16)20-10-17(19)22/h2-9,20H,10H2,1H3,(H2,19,22)(H,21,23). The van der Waals surface area contributed by atoms with Crippen LogP contribution in [0.2, 0.25) is 0 Å². The van der Waals surface area contributed by atoms with Crippen molar-refractivity contribution in [2.45, 2.75) is 6.92 Å². The van der Waals surface area contributed by atoms with Crippen molar-refractivity contribution in [1.29, 1.82) is 0 Å². The van der Waals surface area contributed by atoms with Crippen molar-refractivity contribution < 1.29 is 4.79 Å². The van der Waals surface area contributed by atoms with Gasteiger partial charge in [0.25, 0.3) is 5.56 Å². The molecule has 1 aromatic heterocycles. The molecule has 3 rings (SSSR count). The van der Waals surface area contributed by atoms with E-state index in [1.807, 2.05) is 43.3 Å². The van der Waals surface area contributed by atoms with Crippen molar-refractivity contribution in [3.8, 4) is 11.1 Å².